The van der Waals surface area contributed by atoms with Crippen molar-refractivity contribution in [1.29, 1.82) is 0 Å². The van der Waals surface area contributed by atoms with Gasteiger partial charge >= 0.3 is 5.69 Å². The molecule has 0 unspecified atom stereocenters. The van der Waals surface area contributed by atoms with E-state index in [1.54, 1.807) is 7.05 Å². The van der Waals surface area contributed by atoms with Crippen LogP contribution in [0.4, 0.5) is 11.5 Å². The highest BCUT2D eigenvalue weighted by atomic mass is 16.6. The van der Waals surface area contributed by atoms with Crippen LogP contribution in [0.25, 0.3) is 0 Å². The van der Waals surface area contributed by atoms with Crippen molar-refractivity contribution in [3.05, 3.63) is 15.8 Å². The minimum atomic E-state index is -0.654. The van der Waals surface area contributed by atoms with Gasteiger partial charge in [0.1, 0.15) is 5.69 Å². The lowest BCUT2D eigenvalue weighted by Gasteiger charge is -2.13. The van der Waals surface area contributed by atoms with Crippen LogP contribution in [0.3, 0.4) is 0 Å². The van der Waals surface area contributed by atoms with Crippen LogP contribution >= 0.6 is 0 Å². The van der Waals surface area contributed by atoms with Gasteiger partial charge in [0, 0.05) is 13.0 Å². The Morgan fingerprint density at radius 2 is 2.00 bits per heavy atom. The first kappa shape index (κ1) is 14.4. The van der Waals surface area contributed by atoms with E-state index in [1.165, 1.54) is 4.68 Å². The molecule has 3 N–H and O–H groups in total. The molecule has 0 aliphatic rings. The lowest BCUT2D eigenvalue weighted by molar-refractivity contribution is -0.384. The minimum Gasteiger partial charge on any atom is -0.394 e. The average molecular weight is 258 g/mol. The third-order valence-corrected chi connectivity index (χ3v) is 2.56. The van der Waals surface area contributed by atoms with Crippen LogP contribution in [-0.4, -0.2) is 44.2 Å². The predicted octanol–water partition coefficient (Wildman–Crippen LogP) is 0.217. The smallest absolute Gasteiger partial charge is 0.334 e. The van der Waals surface area contributed by atoms with E-state index in [0.29, 0.717) is 5.69 Å². The highest BCUT2D eigenvalue weighted by Crippen LogP contribution is 2.32. The molecule has 1 heterocycles. The van der Waals surface area contributed by atoms with E-state index in [1.807, 2.05) is 13.8 Å². The van der Waals surface area contributed by atoms with Gasteiger partial charge in [-0.2, -0.15) is 5.10 Å². The van der Waals surface area contributed by atoms with E-state index in [4.69, 9.17) is 10.2 Å². The predicted molar refractivity (Wildman–Crippen MR) is 65.5 cm³/mol. The zero-order valence-corrected chi connectivity index (χ0v) is 10.6. The Morgan fingerprint density at radius 3 is 2.39 bits per heavy atom. The Morgan fingerprint density at radius 1 is 1.44 bits per heavy atom. The van der Waals surface area contributed by atoms with Crippen molar-refractivity contribution in [3.8, 4) is 0 Å². The van der Waals surface area contributed by atoms with Crippen molar-refractivity contribution in [2.24, 2.45) is 7.05 Å². The fraction of sp³-hybridized carbons (Fsp3) is 0.700. The third kappa shape index (κ3) is 2.77. The summed E-state index contributed by atoms with van der Waals surface area (Å²) in [6.45, 7) is 2.98. The Bertz CT molecular complexity index is 426. The van der Waals surface area contributed by atoms with Gasteiger partial charge in [-0.05, 0) is 0 Å². The summed E-state index contributed by atoms with van der Waals surface area (Å²) in [5.41, 5.74) is 0.263. The van der Waals surface area contributed by atoms with E-state index < -0.39 is 11.0 Å². The summed E-state index contributed by atoms with van der Waals surface area (Å²) in [7, 11) is 1.58. The average Bonchev–Trinajstić information content (AvgIpc) is 2.63. The van der Waals surface area contributed by atoms with Crippen molar-refractivity contribution in [3.63, 3.8) is 0 Å². The van der Waals surface area contributed by atoms with E-state index in [0.717, 1.165) is 0 Å². The van der Waals surface area contributed by atoms with Crippen LogP contribution in [0, 0.1) is 10.1 Å². The molecule has 0 aromatic carbocycles. The molecule has 1 aromatic rings. The Balaban J connectivity index is 3.21. The number of anilines is 1. The first-order valence-corrected chi connectivity index (χ1v) is 5.61. The molecule has 8 nitrogen and oxygen atoms in total. The zero-order chi connectivity index (χ0) is 13.9. The number of nitrogens with zero attached hydrogens (tertiary/aromatic N) is 3. The Hall–Kier alpha value is -1.67. The molecular formula is C10H18N4O4. The highest BCUT2D eigenvalue weighted by Gasteiger charge is 2.29. The molecule has 0 fully saturated rings. The van der Waals surface area contributed by atoms with E-state index in [2.05, 4.69) is 10.4 Å². The van der Waals surface area contributed by atoms with Crippen LogP contribution in [0.1, 0.15) is 25.5 Å². The highest BCUT2D eigenvalue weighted by molar-refractivity contribution is 5.61. The SMILES string of the molecule is CC(C)c1nn(C)c(NC(CO)CO)c1[N+](=O)[O-]. The first-order chi connectivity index (χ1) is 8.42. The summed E-state index contributed by atoms with van der Waals surface area (Å²) in [5.74, 6) is 0.102. The number of nitrogens with one attached hydrogen (secondary N) is 1. The van der Waals surface area contributed by atoms with Crippen molar-refractivity contribution in [1.82, 2.24) is 9.78 Å². The van der Waals surface area contributed by atoms with Gasteiger partial charge in [-0.25, -0.2) is 4.68 Å². The topological polar surface area (TPSA) is 113 Å². The molecule has 0 atom stereocenters. The molecule has 0 spiro atoms. The normalized spacial score (nSPS) is 11.3. The maximum absolute atomic E-state index is 11.1. The Kier molecular flexibility index (Phi) is 4.62. The molecule has 0 amide bonds. The third-order valence-electron chi connectivity index (χ3n) is 2.56. The summed E-state index contributed by atoms with van der Waals surface area (Å²) < 4.78 is 1.35. The molecule has 0 bridgehead atoms. The lowest BCUT2D eigenvalue weighted by Crippen LogP contribution is -2.29. The molecule has 1 rings (SSSR count). The first-order valence-electron chi connectivity index (χ1n) is 5.61. The van der Waals surface area contributed by atoms with Gasteiger partial charge in [-0.15, -0.1) is 0 Å². The molecule has 0 saturated carbocycles. The summed E-state index contributed by atoms with van der Waals surface area (Å²) >= 11 is 0. The van der Waals surface area contributed by atoms with E-state index >= 15 is 0 Å². The lowest BCUT2D eigenvalue weighted by atomic mass is 10.1. The second-order valence-electron chi connectivity index (χ2n) is 4.32. The number of hydrogen-bond acceptors (Lipinski definition) is 6. The summed E-state index contributed by atoms with van der Waals surface area (Å²) in [5, 5.41) is 35.9. The molecule has 102 valence electrons. The van der Waals surface area contributed by atoms with Gasteiger partial charge in [0.05, 0.1) is 24.2 Å². The van der Waals surface area contributed by atoms with Crippen LogP contribution in [0.15, 0.2) is 0 Å². The van der Waals surface area contributed by atoms with Crippen LogP contribution in [0.2, 0.25) is 0 Å². The summed E-state index contributed by atoms with van der Waals surface area (Å²) in [4.78, 5) is 10.6. The molecule has 0 saturated heterocycles. The van der Waals surface area contributed by atoms with E-state index in [9.17, 15) is 10.1 Å². The number of aromatic nitrogens is 2. The monoisotopic (exact) mass is 258 g/mol. The molecular weight excluding hydrogens is 240 g/mol. The quantitative estimate of drug-likeness (QED) is 0.496. The number of rotatable bonds is 6. The van der Waals surface area contributed by atoms with Crippen LogP contribution in [0.5, 0.6) is 0 Å². The van der Waals surface area contributed by atoms with Gasteiger partial charge in [0.2, 0.25) is 5.82 Å². The molecule has 0 aliphatic heterocycles. The number of aryl methyl sites for hydroxylation is 1. The largest absolute Gasteiger partial charge is 0.394 e. The van der Waals surface area contributed by atoms with Crippen molar-refractivity contribution >= 4 is 11.5 Å². The number of aliphatic hydroxyl groups is 2. The van der Waals surface area contributed by atoms with Gasteiger partial charge in [-0.3, -0.25) is 10.1 Å². The van der Waals surface area contributed by atoms with Gasteiger partial charge < -0.3 is 15.5 Å². The second kappa shape index (κ2) is 5.78. The van der Waals surface area contributed by atoms with E-state index in [-0.39, 0.29) is 30.6 Å². The summed E-state index contributed by atoms with van der Waals surface area (Å²) in [6, 6.07) is -0.654. The van der Waals surface area contributed by atoms with Gasteiger partial charge in [0.25, 0.3) is 0 Å². The molecule has 0 radical (unpaired) electrons. The standard InChI is InChI=1S/C10H18N4O4/c1-6(2)8-9(14(17)18)10(13(3)12-8)11-7(4-15)5-16/h6-7,11,15-16H,4-5H2,1-3H3. The number of hydrogen-bond donors (Lipinski definition) is 3. The van der Waals surface area contributed by atoms with Crippen molar-refractivity contribution < 1.29 is 15.1 Å². The summed E-state index contributed by atoms with van der Waals surface area (Å²) in [6.07, 6.45) is 0. The Labute approximate surface area is 104 Å². The minimum absolute atomic E-state index is 0.0890. The zero-order valence-electron chi connectivity index (χ0n) is 10.6. The number of aliphatic hydroxyl groups excluding tert-OH is 2. The fourth-order valence-corrected chi connectivity index (χ4v) is 1.61. The van der Waals surface area contributed by atoms with Gasteiger partial charge in [0.15, 0.2) is 0 Å². The molecule has 18 heavy (non-hydrogen) atoms. The van der Waals surface area contributed by atoms with Crippen LogP contribution < -0.4 is 5.32 Å². The maximum Gasteiger partial charge on any atom is 0.334 e. The molecule has 8 heteroatoms. The van der Waals surface area contributed by atoms with Crippen molar-refractivity contribution in [2.45, 2.75) is 25.8 Å². The second-order valence-corrected chi connectivity index (χ2v) is 4.32. The molecule has 1 aromatic heterocycles. The fourth-order valence-electron chi connectivity index (χ4n) is 1.61. The van der Waals surface area contributed by atoms with Crippen LogP contribution in [-0.2, 0) is 7.05 Å². The van der Waals surface area contributed by atoms with Crippen molar-refractivity contribution in [2.75, 3.05) is 18.5 Å². The van der Waals surface area contributed by atoms with Gasteiger partial charge in [-0.1, -0.05) is 13.8 Å². The number of nitro groups is 1. The molecule has 0 aliphatic carbocycles. The maximum atomic E-state index is 11.1.